The molecule has 2 aromatic rings. The molecule has 72 valence electrons. The SMILES string of the molecule is C=CC[C@@H](N)c1c[nH]c2ccccc12. The maximum atomic E-state index is 6.02. The topological polar surface area (TPSA) is 41.8 Å². The first kappa shape index (κ1) is 9.03. The molecule has 1 atom stereocenters. The van der Waals surface area contributed by atoms with Gasteiger partial charge in [-0.2, -0.15) is 0 Å². The van der Waals surface area contributed by atoms with Crippen LogP contribution in [-0.4, -0.2) is 4.98 Å². The average molecular weight is 186 g/mol. The van der Waals surface area contributed by atoms with Crippen LogP contribution >= 0.6 is 0 Å². The first-order valence-electron chi connectivity index (χ1n) is 4.75. The number of aromatic nitrogens is 1. The minimum absolute atomic E-state index is 0.0450. The highest BCUT2D eigenvalue weighted by Crippen LogP contribution is 2.24. The molecule has 0 aliphatic heterocycles. The van der Waals surface area contributed by atoms with Crippen molar-refractivity contribution in [3.8, 4) is 0 Å². The molecule has 0 aliphatic rings. The van der Waals surface area contributed by atoms with Gasteiger partial charge in [0.15, 0.2) is 0 Å². The van der Waals surface area contributed by atoms with Crippen LogP contribution in [0.1, 0.15) is 18.0 Å². The summed E-state index contributed by atoms with van der Waals surface area (Å²) in [4.78, 5) is 3.21. The van der Waals surface area contributed by atoms with Crippen molar-refractivity contribution in [3.05, 3.63) is 48.7 Å². The summed E-state index contributed by atoms with van der Waals surface area (Å²) < 4.78 is 0. The van der Waals surface area contributed by atoms with Gasteiger partial charge in [-0.1, -0.05) is 24.3 Å². The molecular formula is C12H14N2. The predicted octanol–water partition coefficient (Wildman–Crippen LogP) is 2.74. The van der Waals surface area contributed by atoms with Crippen molar-refractivity contribution in [2.75, 3.05) is 0 Å². The molecule has 14 heavy (non-hydrogen) atoms. The van der Waals surface area contributed by atoms with Gasteiger partial charge in [0.05, 0.1) is 0 Å². The third-order valence-electron chi connectivity index (χ3n) is 2.44. The zero-order valence-electron chi connectivity index (χ0n) is 8.03. The Balaban J connectivity index is 2.47. The largest absolute Gasteiger partial charge is 0.361 e. The number of nitrogens with two attached hydrogens (primary N) is 1. The van der Waals surface area contributed by atoms with Crippen LogP contribution in [0, 0.1) is 0 Å². The molecule has 0 unspecified atom stereocenters. The molecule has 0 bridgehead atoms. The van der Waals surface area contributed by atoms with Gasteiger partial charge in [-0.05, 0) is 18.1 Å². The normalized spacial score (nSPS) is 12.9. The van der Waals surface area contributed by atoms with E-state index in [1.54, 1.807) is 0 Å². The molecule has 1 aromatic carbocycles. The van der Waals surface area contributed by atoms with E-state index in [1.165, 1.54) is 10.9 Å². The second-order valence-electron chi connectivity index (χ2n) is 3.42. The number of hydrogen-bond donors (Lipinski definition) is 2. The lowest BCUT2D eigenvalue weighted by Crippen LogP contribution is -2.07. The number of fused-ring (bicyclic) bond motifs is 1. The third-order valence-corrected chi connectivity index (χ3v) is 2.44. The van der Waals surface area contributed by atoms with Gasteiger partial charge in [-0.15, -0.1) is 6.58 Å². The summed E-state index contributed by atoms with van der Waals surface area (Å²) in [5.74, 6) is 0. The fraction of sp³-hybridized carbons (Fsp3) is 0.167. The molecule has 0 saturated heterocycles. The lowest BCUT2D eigenvalue weighted by Gasteiger charge is -2.06. The maximum absolute atomic E-state index is 6.02. The lowest BCUT2D eigenvalue weighted by atomic mass is 10.0. The van der Waals surface area contributed by atoms with E-state index >= 15 is 0 Å². The average Bonchev–Trinajstić information content (AvgIpc) is 2.61. The fourth-order valence-electron chi connectivity index (χ4n) is 1.71. The van der Waals surface area contributed by atoms with Gasteiger partial charge in [0.1, 0.15) is 0 Å². The Kier molecular flexibility index (Phi) is 2.37. The van der Waals surface area contributed by atoms with E-state index in [1.807, 2.05) is 24.4 Å². The maximum Gasteiger partial charge on any atom is 0.0457 e. The van der Waals surface area contributed by atoms with E-state index in [2.05, 4.69) is 23.7 Å². The van der Waals surface area contributed by atoms with E-state index in [9.17, 15) is 0 Å². The molecule has 2 nitrogen and oxygen atoms in total. The van der Waals surface area contributed by atoms with Gasteiger partial charge in [0, 0.05) is 23.1 Å². The molecule has 0 spiro atoms. The quantitative estimate of drug-likeness (QED) is 0.711. The summed E-state index contributed by atoms with van der Waals surface area (Å²) in [5.41, 5.74) is 8.33. The Morgan fingerprint density at radius 1 is 1.43 bits per heavy atom. The highest BCUT2D eigenvalue weighted by Gasteiger charge is 2.09. The first-order chi connectivity index (χ1) is 6.83. The molecule has 2 rings (SSSR count). The highest BCUT2D eigenvalue weighted by atomic mass is 14.7. The van der Waals surface area contributed by atoms with E-state index in [0.29, 0.717) is 0 Å². The third kappa shape index (κ3) is 1.44. The van der Waals surface area contributed by atoms with Crippen LogP contribution in [0.3, 0.4) is 0 Å². The van der Waals surface area contributed by atoms with Crippen molar-refractivity contribution in [3.63, 3.8) is 0 Å². The monoisotopic (exact) mass is 186 g/mol. The van der Waals surface area contributed by atoms with Crippen LogP contribution in [0.15, 0.2) is 43.1 Å². The minimum atomic E-state index is 0.0450. The van der Waals surface area contributed by atoms with Crippen molar-refractivity contribution in [1.29, 1.82) is 0 Å². The van der Waals surface area contributed by atoms with Crippen molar-refractivity contribution in [2.45, 2.75) is 12.5 Å². The van der Waals surface area contributed by atoms with Crippen molar-refractivity contribution in [1.82, 2.24) is 4.98 Å². The van der Waals surface area contributed by atoms with Crippen LogP contribution in [0.5, 0.6) is 0 Å². The number of benzene rings is 1. The van der Waals surface area contributed by atoms with E-state index in [4.69, 9.17) is 5.73 Å². The molecule has 1 aromatic heterocycles. The highest BCUT2D eigenvalue weighted by molar-refractivity contribution is 5.83. The summed E-state index contributed by atoms with van der Waals surface area (Å²) in [7, 11) is 0. The minimum Gasteiger partial charge on any atom is -0.361 e. The molecule has 2 heteroatoms. The number of hydrogen-bond acceptors (Lipinski definition) is 1. The van der Waals surface area contributed by atoms with E-state index < -0.39 is 0 Å². The molecule has 0 fully saturated rings. The predicted molar refractivity (Wildman–Crippen MR) is 60.0 cm³/mol. The number of nitrogens with one attached hydrogen (secondary N) is 1. The van der Waals surface area contributed by atoms with Crippen LogP contribution in [-0.2, 0) is 0 Å². The van der Waals surface area contributed by atoms with E-state index in [-0.39, 0.29) is 6.04 Å². The number of H-pyrrole nitrogens is 1. The second kappa shape index (κ2) is 3.68. The molecule has 0 amide bonds. The molecule has 3 N–H and O–H groups in total. The van der Waals surface area contributed by atoms with Gasteiger partial charge in [-0.25, -0.2) is 0 Å². The van der Waals surface area contributed by atoms with Crippen LogP contribution < -0.4 is 5.73 Å². The van der Waals surface area contributed by atoms with Gasteiger partial charge < -0.3 is 10.7 Å². The zero-order valence-corrected chi connectivity index (χ0v) is 8.03. The number of rotatable bonds is 3. The lowest BCUT2D eigenvalue weighted by molar-refractivity contribution is 0.748. The fourth-order valence-corrected chi connectivity index (χ4v) is 1.71. The molecule has 0 saturated carbocycles. The number of aromatic amines is 1. The molecule has 0 aliphatic carbocycles. The standard InChI is InChI=1S/C12H14N2/c1-2-5-11(13)10-8-14-12-7-4-3-6-9(10)12/h2-4,6-8,11,14H,1,5,13H2/t11-/m1/s1. The molecule has 1 heterocycles. The van der Waals surface area contributed by atoms with Crippen LogP contribution in [0.2, 0.25) is 0 Å². The second-order valence-corrected chi connectivity index (χ2v) is 3.42. The Labute approximate surface area is 83.4 Å². The van der Waals surface area contributed by atoms with Gasteiger partial charge in [0.2, 0.25) is 0 Å². The van der Waals surface area contributed by atoms with Crippen molar-refractivity contribution >= 4 is 10.9 Å². The van der Waals surface area contributed by atoms with Gasteiger partial charge >= 0.3 is 0 Å². The Morgan fingerprint density at radius 2 is 2.21 bits per heavy atom. The Hall–Kier alpha value is -1.54. The summed E-state index contributed by atoms with van der Waals surface area (Å²) in [6.07, 6.45) is 4.65. The number of para-hydroxylation sites is 1. The van der Waals surface area contributed by atoms with Crippen molar-refractivity contribution < 1.29 is 0 Å². The molecular weight excluding hydrogens is 172 g/mol. The smallest absolute Gasteiger partial charge is 0.0457 e. The summed E-state index contributed by atoms with van der Waals surface area (Å²) in [6.45, 7) is 3.70. The Bertz CT molecular complexity index is 442. The summed E-state index contributed by atoms with van der Waals surface area (Å²) in [6, 6.07) is 8.23. The van der Waals surface area contributed by atoms with Gasteiger partial charge in [0.25, 0.3) is 0 Å². The van der Waals surface area contributed by atoms with E-state index in [0.717, 1.165) is 11.9 Å². The molecule has 0 radical (unpaired) electrons. The van der Waals surface area contributed by atoms with Crippen LogP contribution in [0.4, 0.5) is 0 Å². The Morgan fingerprint density at radius 3 is 3.00 bits per heavy atom. The summed E-state index contributed by atoms with van der Waals surface area (Å²) in [5, 5.41) is 1.21. The van der Waals surface area contributed by atoms with Gasteiger partial charge in [-0.3, -0.25) is 0 Å². The van der Waals surface area contributed by atoms with Crippen molar-refractivity contribution in [2.24, 2.45) is 5.73 Å². The summed E-state index contributed by atoms with van der Waals surface area (Å²) >= 11 is 0. The van der Waals surface area contributed by atoms with Crippen LogP contribution in [0.25, 0.3) is 10.9 Å². The first-order valence-corrected chi connectivity index (χ1v) is 4.75. The zero-order chi connectivity index (χ0) is 9.97.